The maximum Gasteiger partial charge on any atom is 0.396 e. The van der Waals surface area contributed by atoms with Crippen LogP contribution in [0.15, 0.2) is 243 Å². The molecule has 2 N–H and O–H groups in total. The molecule has 0 radical (unpaired) electrons. The fourth-order valence-corrected chi connectivity index (χ4v) is 30.1. The fraction of sp³-hybridized carbons (Fsp3) is 0.172. The van der Waals surface area contributed by atoms with Gasteiger partial charge in [0.1, 0.15) is 8.11 Å². The Morgan fingerprint density at radius 1 is 0.292 bits per heavy atom. The van der Waals surface area contributed by atoms with E-state index in [1.807, 2.05) is 121 Å². The highest BCUT2D eigenvalue weighted by atomic mass is 35.6. The van der Waals surface area contributed by atoms with Crippen LogP contribution in [0.4, 0.5) is 0 Å². The maximum absolute atomic E-state index is 12.0. The highest BCUT2D eigenvalue weighted by Gasteiger charge is 2.55. The van der Waals surface area contributed by atoms with Crippen molar-refractivity contribution in [3.8, 4) is 0 Å². The quantitative estimate of drug-likeness (QED) is 0.0746. The van der Waals surface area contributed by atoms with Gasteiger partial charge in [-0.25, -0.2) is 0 Å². The molecule has 0 unspecified atom stereocenters. The Labute approximate surface area is 447 Å². The summed E-state index contributed by atoms with van der Waals surface area (Å²) in [6, 6.07) is 79.8. The minimum absolute atomic E-state index is 0. The third-order valence-corrected chi connectivity index (χ3v) is 30.6. The summed E-state index contributed by atoms with van der Waals surface area (Å²) in [5.74, 6) is 0. The molecule has 0 atom stereocenters. The lowest BCUT2D eigenvalue weighted by Crippen LogP contribution is -2.76. The van der Waals surface area contributed by atoms with Crippen molar-refractivity contribution in [2.45, 2.75) is 69.0 Å². The Kier molecular flexibility index (Phi) is 26.9. The highest BCUT2D eigenvalue weighted by Crippen LogP contribution is 2.22. The third kappa shape index (κ3) is 16.2. The zero-order chi connectivity index (χ0) is 48.5. The van der Waals surface area contributed by atoms with E-state index in [9.17, 15) is 9.59 Å². The minimum Gasteiger partial charge on any atom is -0.433 e. The molecule has 6 nitrogen and oxygen atoms in total. The molecular weight excluding hydrogens is 1020 g/mol. The van der Waals surface area contributed by atoms with Crippen LogP contribution in [0.25, 0.3) is 0 Å². The molecule has 0 bridgehead atoms. The lowest BCUT2D eigenvalue weighted by atomic mass is 10.4. The topological polar surface area (TPSA) is 77.4 Å². The van der Waals surface area contributed by atoms with Gasteiger partial charge in [0, 0.05) is 0 Å². The summed E-state index contributed by atoms with van der Waals surface area (Å²) < 4.78 is 28.5. The van der Waals surface area contributed by atoms with Gasteiger partial charge in [0.05, 0.1) is 0 Å². The Morgan fingerprint density at radius 2 is 0.444 bits per heavy atom. The van der Waals surface area contributed by atoms with Crippen LogP contribution in [0.3, 0.4) is 0 Å². The van der Waals surface area contributed by atoms with E-state index in [2.05, 4.69) is 161 Å². The van der Waals surface area contributed by atoms with Crippen LogP contribution in [0.5, 0.6) is 0 Å². The average Bonchev–Trinajstić information content (AvgIpc) is 3.37. The van der Waals surface area contributed by atoms with E-state index >= 15 is 0 Å². The number of benzene rings is 8. The molecule has 0 aliphatic heterocycles. The predicted molar refractivity (Wildman–Crippen MR) is 330 cm³/mol. The van der Waals surface area contributed by atoms with E-state index in [1.165, 1.54) is 0 Å². The fourth-order valence-electron chi connectivity index (χ4n) is 7.82. The minimum atomic E-state index is -3.69. The smallest absolute Gasteiger partial charge is 0.396 e. The summed E-state index contributed by atoms with van der Waals surface area (Å²) in [5, 5.41) is 7.26. The van der Waals surface area contributed by atoms with Crippen molar-refractivity contribution in [3.05, 3.63) is 243 Å². The van der Waals surface area contributed by atoms with Crippen LogP contribution in [0.2, 0.25) is 39.3 Å². The van der Waals surface area contributed by atoms with Gasteiger partial charge in [0.2, 0.25) is 0 Å². The molecule has 72 heavy (non-hydrogen) atoms. The third-order valence-electron chi connectivity index (χ3n) is 10.7. The monoisotopic (exact) mass is 1100 g/mol. The maximum atomic E-state index is 12.0. The van der Waals surface area contributed by atoms with Crippen LogP contribution >= 0.6 is 11.1 Å². The molecule has 0 aliphatic rings. The normalized spacial score (nSPS) is 11.3. The first-order chi connectivity index (χ1) is 32.8. The van der Waals surface area contributed by atoms with Crippen LogP contribution < -0.4 is 41.5 Å². The molecule has 8 rings (SSSR count). The largest absolute Gasteiger partial charge is 0.433 e. The first-order valence-corrected chi connectivity index (χ1v) is 40.1. The Balaban J connectivity index is 0.000000442. The Morgan fingerprint density at radius 3 is 0.597 bits per heavy atom. The zero-order valence-electron chi connectivity index (χ0n) is 39.7. The zero-order valence-corrected chi connectivity index (χ0v) is 48.0. The molecule has 14 heteroatoms. The van der Waals surface area contributed by atoms with Gasteiger partial charge < -0.3 is 26.1 Å². The summed E-state index contributed by atoms with van der Waals surface area (Å²) in [5.41, 5.74) is 0. The molecule has 0 amide bonds. The molecule has 0 saturated heterocycles. The molecule has 0 fully saturated rings. The molecular formula is C58H79ClO6Si7. The van der Waals surface area contributed by atoms with Crippen LogP contribution in [-0.4, -0.2) is 70.0 Å². The number of hydrogen-bond donors (Lipinski definition) is 2. The first-order valence-electron chi connectivity index (χ1n) is 23.1. The van der Waals surface area contributed by atoms with E-state index in [-0.39, 0.29) is 29.7 Å². The van der Waals surface area contributed by atoms with Crippen LogP contribution in [0, 0.1) is 0 Å². The van der Waals surface area contributed by atoms with Crippen molar-refractivity contribution in [1.82, 2.24) is 0 Å². The Bertz CT molecular complexity index is 2310. The Hall–Kier alpha value is -4.67. The summed E-state index contributed by atoms with van der Waals surface area (Å²) in [6.07, 6.45) is 0. The van der Waals surface area contributed by atoms with Gasteiger partial charge in [-0.05, 0) is 67.7 Å². The summed E-state index contributed by atoms with van der Waals surface area (Å²) >= 11 is 5.41. The van der Waals surface area contributed by atoms with Crippen LogP contribution in [0.1, 0.15) is 29.7 Å². The van der Waals surface area contributed by atoms with Gasteiger partial charge in [-0.3, -0.25) is 0 Å². The standard InChI is InChI=1S/C28H34O3Si4.C24H22O3Si2.C2H7ClSi.4CH4/c1-32(2)29-34(25-17-9-5-10-18-25,26-19-11-6-12-20-26)31-35(30-33(3)4,27-21-13-7-14-22-27)28-23-15-8-16-24-28;25-28(21-13-5-1-6-14-21,22-15-7-2-8-16-22)27-29(26,23-17-9-3-10-18-23)24-19-11-4-12-20-24;1-4(2)3;;;;/h5-24,32-33H,1-4H3;1-20,25-26H;4H,1-2H3;4*1H4. The molecule has 0 aliphatic carbocycles. The van der Waals surface area contributed by atoms with Crippen molar-refractivity contribution < 1.29 is 26.1 Å². The van der Waals surface area contributed by atoms with Gasteiger partial charge in [0.25, 0.3) is 0 Å². The molecule has 0 aromatic heterocycles. The molecule has 382 valence electrons. The molecule has 8 aromatic rings. The van der Waals surface area contributed by atoms with Crippen molar-refractivity contribution in [3.63, 3.8) is 0 Å². The van der Waals surface area contributed by atoms with Crippen molar-refractivity contribution in [1.29, 1.82) is 0 Å². The van der Waals surface area contributed by atoms with Crippen molar-refractivity contribution in [2.24, 2.45) is 0 Å². The number of hydrogen-bond acceptors (Lipinski definition) is 6. The molecule has 0 saturated carbocycles. The second-order valence-electron chi connectivity index (χ2n) is 17.0. The summed E-state index contributed by atoms with van der Waals surface area (Å²) in [6.45, 7) is 13.0. The first kappa shape index (κ1) is 63.4. The summed E-state index contributed by atoms with van der Waals surface area (Å²) in [7, 11) is -17.4. The molecule has 0 heterocycles. The number of halogens is 1. The van der Waals surface area contributed by atoms with Gasteiger partial charge in [-0.1, -0.05) is 285 Å². The van der Waals surface area contributed by atoms with E-state index < -0.39 is 60.4 Å². The molecule has 8 aromatic carbocycles. The van der Waals surface area contributed by atoms with Gasteiger partial charge in [-0.2, -0.15) is 11.1 Å². The highest BCUT2D eigenvalue weighted by molar-refractivity contribution is 7.07. The van der Waals surface area contributed by atoms with E-state index in [4.69, 9.17) is 27.5 Å². The van der Waals surface area contributed by atoms with E-state index in [0.29, 0.717) is 20.7 Å². The van der Waals surface area contributed by atoms with Crippen molar-refractivity contribution >= 4 is 113 Å². The second kappa shape index (κ2) is 30.5. The van der Waals surface area contributed by atoms with Crippen LogP contribution in [-0.2, 0) is 16.5 Å². The second-order valence-corrected chi connectivity index (χ2v) is 39.0. The van der Waals surface area contributed by atoms with E-state index in [0.717, 1.165) is 20.7 Å². The predicted octanol–water partition coefficient (Wildman–Crippen LogP) is 8.77. The summed E-state index contributed by atoms with van der Waals surface area (Å²) in [4.78, 5) is 24.0. The van der Waals surface area contributed by atoms with Gasteiger partial charge in [0.15, 0.2) is 18.1 Å². The SMILES string of the molecule is C.C.C.C.C[SiH](C)Cl.C[SiH](C)O[Si](O[Si](O[SiH](C)C)(c1ccccc1)c1ccccc1)(c1ccccc1)c1ccccc1.O[Si](O[Si](O)(c1ccccc1)c1ccccc1)(c1ccccc1)c1ccccc1. The number of rotatable bonds is 16. The lowest BCUT2D eigenvalue weighted by Gasteiger charge is -2.43. The van der Waals surface area contributed by atoms with E-state index in [1.54, 1.807) is 0 Å². The van der Waals surface area contributed by atoms with Crippen molar-refractivity contribution in [2.75, 3.05) is 0 Å². The molecule has 0 spiro atoms. The van der Waals surface area contributed by atoms with Gasteiger partial charge >= 0.3 is 34.2 Å². The average molecular weight is 1100 g/mol. The lowest BCUT2D eigenvalue weighted by molar-refractivity contribution is 0.346. The van der Waals surface area contributed by atoms with Gasteiger partial charge in [-0.15, -0.1) is 0 Å².